The number of rotatable bonds is 2. The Kier molecular flexibility index (Phi) is 4.50. The van der Waals surface area contributed by atoms with Crippen molar-refractivity contribution in [2.45, 2.75) is 57.7 Å². The lowest BCUT2D eigenvalue weighted by Crippen LogP contribution is -2.08. The number of alkyl halides is 1. The summed E-state index contributed by atoms with van der Waals surface area (Å²) in [5.41, 5.74) is 4.30. The van der Waals surface area contributed by atoms with E-state index in [1.165, 1.54) is 55.2 Å². The molecule has 2 atom stereocenters. The molecule has 1 aromatic rings. The van der Waals surface area contributed by atoms with Crippen molar-refractivity contribution in [1.82, 2.24) is 0 Å². The zero-order chi connectivity index (χ0) is 12.3. The largest absolute Gasteiger partial charge is 0.123 e. The summed E-state index contributed by atoms with van der Waals surface area (Å²) in [5, 5.41) is 0.411. The van der Waals surface area contributed by atoms with Crippen LogP contribution >= 0.6 is 11.6 Å². The molecule has 2 unspecified atom stereocenters. The number of hydrogen-bond donors (Lipinski definition) is 0. The molecule has 0 aliphatic heterocycles. The Morgan fingerprint density at radius 3 is 2.65 bits per heavy atom. The van der Waals surface area contributed by atoms with Gasteiger partial charge >= 0.3 is 0 Å². The van der Waals surface area contributed by atoms with Crippen molar-refractivity contribution in [3.05, 3.63) is 34.9 Å². The summed E-state index contributed by atoms with van der Waals surface area (Å²) < 4.78 is 0. The Morgan fingerprint density at radius 1 is 1.12 bits per heavy atom. The van der Waals surface area contributed by atoms with E-state index in [1.807, 2.05) is 0 Å². The van der Waals surface area contributed by atoms with Crippen molar-refractivity contribution in [2.75, 3.05) is 0 Å². The molecule has 1 heteroatoms. The van der Waals surface area contributed by atoms with Gasteiger partial charge in [0.25, 0.3) is 0 Å². The molecule has 1 saturated carbocycles. The topological polar surface area (TPSA) is 0 Å². The van der Waals surface area contributed by atoms with Crippen LogP contribution in [0.15, 0.2) is 18.2 Å². The van der Waals surface area contributed by atoms with Crippen LogP contribution in [-0.4, -0.2) is 5.38 Å². The smallest absolute Gasteiger partial charge is 0.0338 e. The van der Waals surface area contributed by atoms with Crippen molar-refractivity contribution in [1.29, 1.82) is 0 Å². The second kappa shape index (κ2) is 5.91. The molecule has 0 heterocycles. The summed E-state index contributed by atoms with van der Waals surface area (Å²) >= 11 is 6.34. The highest BCUT2D eigenvalue weighted by Crippen LogP contribution is 2.29. The van der Waals surface area contributed by atoms with E-state index in [0.29, 0.717) is 5.38 Å². The number of benzene rings is 1. The highest BCUT2D eigenvalue weighted by atomic mass is 35.5. The van der Waals surface area contributed by atoms with Gasteiger partial charge in [-0.15, -0.1) is 11.6 Å². The van der Waals surface area contributed by atoms with E-state index in [4.69, 9.17) is 11.6 Å². The van der Waals surface area contributed by atoms with Crippen molar-refractivity contribution in [2.24, 2.45) is 5.92 Å². The molecule has 1 aromatic carbocycles. The Balaban J connectivity index is 2.01. The molecule has 0 aromatic heterocycles. The summed E-state index contributed by atoms with van der Waals surface area (Å²) in [7, 11) is 0. The van der Waals surface area contributed by atoms with Gasteiger partial charge in [-0.25, -0.2) is 0 Å². The fourth-order valence-electron chi connectivity index (χ4n) is 2.85. The first kappa shape index (κ1) is 13.0. The van der Waals surface area contributed by atoms with Gasteiger partial charge in [0, 0.05) is 5.38 Å². The van der Waals surface area contributed by atoms with Gasteiger partial charge in [-0.2, -0.15) is 0 Å². The molecule has 1 aliphatic rings. The molecule has 2 rings (SSSR count). The third kappa shape index (κ3) is 3.74. The molecule has 94 valence electrons. The maximum absolute atomic E-state index is 6.34. The van der Waals surface area contributed by atoms with Gasteiger partial charge in [0.15, 0.2) is 0 Å². The first-order chi connectivity index (χ1) is 8.15. The molecule has 1 fully saturated rings. The van der Waals surface area contributed by atoms with E-state index in [9.17, 15) is 0 Å². The van der Waals surface area contributed by atoms with Gasteiger partial charge in [-0.1, -0.05) is 37.5 Å². The standard InChI is InChI=1S/C16H23Cl/c1-12-7-8-15(9-13(12)2)10-14-5-3-4-6-16(17)11-14/h7-9,14,16H,3-6,10-11H2,1-2H3. The molecule has 0 radical (unpaired) electrons. The molecule has 0 spiro atoms. The van der Waals surface area contributed by atoms with Crippen LogP contribution in [0.3, 0.4) is 0 Å². The van der Waals surface area contributed by atoms with Gasteiger partial charge in [0.2, 0.25) is 0 Å². The molecule has 0 N–H and O–H groups in total. The second-order valence-electron chi connectivity index (χ2n) is 5.61. The Hall–Kier alpha value is -0.490. The minimum absolute atomic E-state index is 0.411. The van der Waals surface area contributed by atoms with E-state index < -0.39 is 0 Å². The highest BCUT2D eigenvalue weighted by Gasteiger charge is 2.18. The monoisotopic (exact) mass is 250 g/mol. The van der Waals surface area contributed by atoms with Crippen LogP contribution in [0.25, 0.3) is 0 Å². The van der Waals surface area contributed by atoms with Crippen LogP contribution in [0.5, 0.6) is 0 Å². The van der Waals surface area contributed by atoms with E-state index in [1.54, 1.807) is 0 Å². The SMILES string of the molecule is Cc1ccc(CC2CCCCC(Cl)C2)cc1C. The van der Waals surface area contributed by atoms with Gasteiger partial charge in [-0.3, -0.25) is 0 Å². The number of halogens is 1. The zero-order valence-electron chi connectivity index (χ0n) is 11.0. The molecule has 17 heavy (non-hydrogen) atoms. The van der Waals surface area contributed by atoms with Crippen LogP contribution in [0.2, 0.25) is 0 Å². The quantitative estimate of drug-likeness (QED) is 0.510. The highest BCUT2D eigenvalue weighted by molar-refractivity contribution is 6.20. The lowest BCUT2D eigenvalue weighted by molar-refractivity contribution is 0.460. The Morgan fingerprint density at radius 2 is 1.88 bits per heavy atom. The fourth-order valence-corrected chi connectivity index (χ4v) is 3.25. The summed E-state index contributed by atoms with van der Waals surface area (Å²) in [6, 6.07) is 6.89. The number of aryl methyl sites for hydroxylation is 2. The lowest BCUT2D eigenvalue weighted by Gasteiger charge is -2.16. The van der Waals surface area contributed by atoms with Gasteiger partial charge in [-0.05, 0) is 55.7 Å². The first-order valence-electron chi connectivity index (χ1n) is 6.85. The Bertz CT molecular complexity index is 370. The predicted molar refractivity (Wildman–Crippen MR) is 75.8 cm³/mol. The van der Waals surface area contributed by atoms with Gasteiger partial charge in [0.1, 0.15) is 0 Å². The molecule has 0 amide bonds. The predicted octanol–water partition coefficient (Wildman–Crippen LogP) is 5.03. The van der Waals surface area contributed by atoms with E-state index in [0.717, 1.165) is 5.92 Å². The van der Waals surface area contributed by atoms with Crippen LogP contribution in [-0.2, 0) is 6.42 Å². The maximum atomic E-state index is 6.34. The molecule has 0 nitrogen and oxygen atoms in total. The molecule has 1 aliphatic carbocycles. The average molecular weight is 251 g/mol. The summed E-state index contributed by atoms with van der Waals surface area (Å²) in [6.07, 6.45) is 7.66. The Labute approximate surface area is 110 Å². The van der Waals surface area contributed by atoms with Crippen LogP contribution in [0, 0.1) is 19.8 Å². The van der Waals surface area contributed by atoms with E-state index in [-0.39, 0.29) is 0 Å². The average Bonchev–Trinajstić information content (AvgIpc) is 2.48. The zero-order valence-corrected chi connectivity index (χ0v) is 11.8. The maximum Gasteiger partial charge on any atom is 0.0338 e. The van der Waals surface area contributed by atoms with Crippen LogP contribution < -0.4 is 0 Å². The summed E-state index contributed by atoms with van der Waals surface area (Å²) in [4.78, 5) is 0. The van der Waals surface area contributed by atoms with Crippen molar-refractivity contribution < 1.29 is 0 Å². The molecular weight excluding hydrogens is 228 g/mol. The lowest BCUT2D eigenvalue weighted by atomic mass is 9.91. The van der Waals surface area contributed by atoms with Gasteiger partial charge in [0.05, 0.1) is 0 Å². The normalized spacial score (nSPS) is 25.6. The summed E-state index contributed by atoms with van der Waals surface area (Å²) in [5.74, 6) is 0.794. The van der Waals surface area contributed by atoms with Crippen LogP contribution in [0.4, 0.5) is 0 Å². The van der Waals surface area contributed by atoms with Crippen LogP contribution in [0.1, 0.15) is 48.8 Å². The minimum atomic E-state index is 0.411. The number of hydrogen-bond acceptors (Lipinski definition) is 0. The van der Waals surface area contributed by atoms with Crippen molar-refractivity contribution in [3.63, 3.8) is 0 Å². The van der Waals surface area contributed by atoms with E-state index >= 15 is 0 Å². The molecule has 0 bridgehead atoms. The van der Waals surface area contributed by atoms with Gasteiger partial charge < -0.3 is 0 Å². The molecular formula is C16H23Cl. The van der Waals surface area contributed by atoms with Crippen molar-refractivity contribution in [3.8, 4) is 0 Å². The third-order valence-electron chi connectivity index (χ3n) is 4.06. The third-order valence-corrected chi connectivity index (χ3v) is 4.46. The second-order valence-corrected chi connectivity index (χ2v) is 6.22. The molecule has 0 saturated heterocycles. The first-order valence-corrected chi connectivity index (χ1v) is 7.29. The summed E-state index contributed by atoms with van der Waals surface area (Å²) in [6.45, 7) is 4.38. The fraction of sp³-hybridized carbons (Fsp3) is 0.625. The minimum Gasteiger partial charge on any atom is -0.123 e. The van der Waals surface area contributed by atoms with E-state index in [2.05, 4.69) is 32.0 Å². The van der Waals surface area contributed by atoms with Crippen molar-refractivity contribution >= 4 is 11.6 Å².